The lowest BCUT2D eigenvalue weighted by Gasteiger charge is -2.09. The second kappa shape index (κ2) is 8.68. The Morgan fingerprint density at radius 3 is 2.81 bits per heavy atom. The Bertz CT molecular complexity index is 974. The van der Waals surface area contributed by atoms with Crippen LogP contribution in [0.3, 0.4) is 0 Å². The monoisotopic (exact) mass is 387 g/mol. The molecule has 0 saturated heterocycles. The number of nitrogens with zero attached hydrogens (tertiary/aromatic N) is 2. The summed E-state index contributed by atoms with van der Waals surface area (Å²) in [6.07, 6.45) is 1.96. The number of carbonyl (C=O) groups is 2. The predicted octanol–water partition coefficient (Wildman–Crippen LogP) is 3.22. The Balaban J connectivity index is 1.61. The number of para-hydroxylation sites is 2. The summed E-state index contributed by atoms with van der Waals surface area (Å²) in [5, 5.41) is 2.48. The molecule has 2 aromatic carbocycles. The lowest BCUT2D eigenvalue weighted by Crippen LogP contribution is -2.23. The van der Waals surface area contributed by atoms with E-state index in [0.717, 1.165) is 16.9 Å². The van der Waals surface area contributed by atoms with Gasteiger partial charge in [0.15, 0.2) is 6.61 Å². The van der Waals surface area contributed by atoms with Gasteiger partial charge in [0.25, 0.3) is 5.91 Å². The van der Waals surface area contributed by atoms with Crippen molar-refractivity contribution in [2.45, 2.75) is 12.3 Å². The van der Waals surface area contributed by atoms with E-state index in [0.29, 0.717) is 11.4 Å². The number of carbonyl (C=O) groups excluding carboxylic acids is 2. The average Bonchev–Trinajstić information content (AvgIpc) is 2.98. The Morgan fingerprint density at radius 1 is 1.22 bits per heavy atom. The van der Waals surface area contributed by atoms with Crippen LogP contribution < -0.4 is 5.32 Å². The average molecular weight is 387 g/mol. The van der Waals surface area contributed by atoms with Gasteiger partial charge in [-0.3, -0.25) is 9.59 Å². The van der Waals surface area contributed by atoms with Crippen LogP contribution in [-0.4, -0.2) is 34.3 Å². The zero-order chi connectivity index (χ0) is 19.2. The van der Waals surface area contributed by atoms with Crippen LogP contribution in [0.1, 0.15) is 5.82 Å². The number of benzene rings is 2. The van der Waals surface area contributed by atoms with Gasteiger partial charge >= 0.3 is 5.97 Å². The number of ether oxygens (including phenoxy) is 1. The molecule has 1 heterocycles. The first kappa shape index (κ1) is 18.9. The van der Waals surface area contributed by atoms with Crippen molar-refractivity contribution in [3.8, 4) is 0 Å². The number of rotatable bonds is 7. The standard InChI is InChI=1S/C19H18FN3O3S/c1-27-12-17-22-15-7-2-3-8-16(15)23(17)10-19(25)26-11-18(24)21-14-6-4-5-13(20)9-14/h2-9H,10-12H2,1H3,(H,21,24). The van der Waals surface area contributed by atoms with Crippen LogP contribution in [0.4, 0.5) is 10.1 Å². The highest BCUT2D eigenvalue weighted by molar-refractivity contribution is 7.97. The lowest BCUT2D eigenvalue weighted by molar-refractivity contribution is -0.147. The number of aromatic nitrogens is 2. The third-order valence-corrected chi connectivity index (χ3v) is 4.31. The SMILES string of the molecule is CSCc1nc2ccccc2n1CC(=O)OCC(=O)Nc1cccc(F)c1. The van der Waals surface area contributed by atoms with E-state index in [9.17, 15) is 14.0 Å². The maximum absolute atomic E-state index is 13.1. The minimum atomic E-state index is -0.546. The Morgan fingerprint density at radius 2 is 2.04 bits per heavy atom. The molecule has 3 aromatic rings. The van der Waals surface area contributed by atoms with E-state index in [-0.39, 0.29) is 6.54 Å². The largest absolute Gasteiger partial charge is 0.454 e. The van der Waals surface area contributed by atoms with Crippen molar-refractivity contribution in [3.63, 3.8) is 0 Å². The van der Waals surface area contributed by atoms with Crippen molar-refractivity contribution < 1.29 is 18.7 Å². The number of thioether (sulfide) groups is 1. The third-order valence-electron chi connectivity index (χ3n) is 3.77. The summed E-state index contributed by atoms with van der Waals surface area (Å²) in [4.78, 5) is 28.6. The van der Waals surface area contributed by atoms with Gasteiger partial charge in [-0.05, 0) is 36.6 Å². The van der Waals surface area contributed by atoms with Crippen LogP contribution in [-0.2, 0) is 26.6 Å². The molecule has 0 aliphatic rings. The molecular weight excluding hydrogens is 369 g/mol. The van der Waals surface area contributed by atoms with Gasteiger partial charge in [0.1, 0.15) is 18.2 Å². The quantitative estimate of drug-likeness (QED) is 0.630. The molecule has 0 radical (unpaired) electrons. The molecule has 1 amide bonds. The number of imidazole rings is 1. The molecule has 0 bridgehead atoms. The smallest absolute Gasteiger partial charge is 0.326 e. The Hall–Kier alpha value is -2.87. The van der Waals surface area contributed by atoms with Gasteiger partial charge in [0.2, 0.25) is 0 Å². The zero-order valence-electron chi connectivity index (χ0n) is 14.6. The topological polar surface area (TPSA) is 73.2 Å². The fourth-order valence-electron chi connectivity index (χ4n) is 2.63. The zero-order valence-corrected chi connectivity index (χ0v) is 15.5. The van der Waals surface area contributed by atoms with Crippen molar-refractivity contribution in [1.82, 2.24) is 9.55 Å². The van der Waals surface area contributed by atoms with Crippen LogP contribution in [0.5, 0.6) is 0 Å². The van der Waals surface area contributed by atoms with Crippen LogP contribution in [0, 0.1) is 5.82 Å². The second-order valence-corrected chi connectivity index (χ2v) is 6.62. The molecule has 0 spiro atoms. The molecule has 1 aromatic heterocycles. The second-order valence-electron chi connectivity index (χ2n) is 5.76. The Labute approximate surface area is 159 Å². The summed E-state index contributed by atoms with van der Waals surface area (Å²) >= 11 is 1.60. The molecule has 0 unspecified atom stereocenters. The molecule has 0 saturated carbocycles. The van der Waals surface area contributed by atoms with E-state index in [1.165, 1.54) is 18.2 Å². The molecule has 0 aliphatic heterocycles. The molecule has 140 valence electrons. The van der Waals surface area contributed by atoms with E-state index >= 15 is 0 Å². The van der Waals surface area contributed by atoms with Crippen LogP contribution in [0.15, 0.2) is 48.5 Å². The van der Waals surface area contributed by atoms with E-state index in [2.05, 4.69) is 10.3 Å². The molecular formula is C19H18FN3O3S. The van der Waals surface area contributed by atoms with Crippen LogP contribution in [0.2, 0.25) is 0 Å². The van der Waals surface area contributed by atoms with Gasteiger partial charge in [0, 0.05) is 5.69 Å². The van der Waals surface area contributed by atoms with Gasteiger partial charge < -0.3 is 14.6 Å². The van der Waals surface area contributed by atoms with E-state index in [4.69, 9.17) is 4.74 Å². The van der Waals surface area contributed by atoms with Gasteiger partial charge in [-0.1, -0.05) is 18.2 Å². The maximum Gasteiger partial charge on any atom is 0.326 e. The molecule has 0 fully saturated rings. The van der Waals surface area contributed by atoms with E-state index in [1.54, 1.807) is 22.4 Å². The summed E-state index contributed by atoms with van der Waals surface area (Å²) in [5.74, 6) is -0.117. The number of hydrogen-bond donors (Lipinski definition) is 1. The highest BCUT2D eigenvalue weighted by atomic mass is 32.2. The highest BCUT2D eigenvalue weighted by Crippen LogP contribution is 2.19. The number of esters is 1. The molecule has 1 N–H and O–H groups in total. The molecule has 6 nitrogen and oxygen atoms in total. The third kappa shape index (κ3) is 4.85. The number of amides is 1. The molecule has 0 aliphatic carbocycles. The van der Waals surface area contributed by atoms with Gasteiger partial charge in [-0.15, -0.1) is 0 Å². The summed E-state index contributed by atoms with van der Waals surface area (Å²) in [6, 6.07) is 13.0. The Kier molecular flexibility index (Phi) is 6.08. The molecule has 27 heavy (non-hydrogen) atoms. The molecule has 3 rings (SSSR count). The van der Waals surface area contributed by atoms with Crippen LogP contribution >= 0.6 is 11.8 Å². The maximum atomic E-state index is 13.1. The van der Waals surface area contributed by atoms with Crippen molar-refractivity contribution in [3.05, 3.63) is 60.2 Å². The number of anilines is 1. The number of hydrogen-bond acceptors (Lipinski definition) is 5. The van der Waals surface area contributed by atoms with Crippen molar-refractivity contribution in [2.75, 3.05) is 18.2 Å². The summed E-state index contributed by atoms with van der Waals surface area (Å²) in [5.41, 5.74) is 1.94. The van der Waals surface area contributed by atoms with Gasteiger partial charge in [-0.25, -0.2) is 9.37 Å². The molecule has 8 heteroatoms. The first-order valence-corrected chi connectivity index (χ1v) is 9.60. The molecule has 0 atom stereocenters. The van der Waals surface area contributed by atoms with E-state index < -0.39 is 24.3 Å². The number of halogens is 1. The first-order chi connectivity index (χ1) is 13.1. The summed E-state index contributed by atoms with van der Waals surface area (Å²) < 4.78 is 20.0. The fourth-order valence-corrected chi connectivity index (χ4v) is 3.10. The van der Waals surface area contributed by atoms with Gasteiger partial charge in [0.05, 0.1) is 16.8 Å². The number of fused-ring (bicyclic) bond motifs is 1. The van der Waals surface area contributed by atoms with E-state index in [1.807, 2.05) is 30.5 Å². The first-order valence-electron chi connectivity index (χ1n) is 8.21. The van der Waals surface area contributed by atoms with Crippen LogP contribution in [0.25, 0.3) is 11.0 Å². The van der Waals surface area contributed by atoms with Crippen molar-refractivity contribution in [1.29, 1.82) is 0 Å². The summed E-state index contributed by atoms with van der Waals surface area (Å²) in [7, 11) is 0. The normalized spacial score (nSPS) is 10.7. The predicted molar refractivity (Wildman–Crippen MR) is 103 cm³/mol. The highest BCUT2D eigenvalue weighted by Gasteiger charge is 2.15. The fraction of sp³-hybridized carbons (Fsp3) is 0.211. The van der Waals surface area contributed by atoms with Crippen molar-refractivity contribution in [2.24, 2.45) is 0 Å². The lowest BCUT2D eigenvalue weighted by atomic mass is 10.3. The minimum absolute atomic E-state index is 0.0380. The van der Waals surface area contributed by atoms with Gasteiger partial charge in [-0.2, -0.15) is 11.8 Å². The minimum Gasteiger partial charge on any atom is -0.454 e. The van der Waals surface area contributed by atoms with Crippen molar-refractivity contribution >= 4 is 40.4 Å². The summed E-state index contributed by atoms with van der Waals surface area (Å²) in [6.45, 7) is -0.483. The number of nitrogens with one attached hydrogen (secondary N) is 1.